The molecule has 1 aromatic rings. The molecule has 0 saturated heterocycles. The fourth-order valence-electron chi connectivity index (χ4n) is 1.83. The molecule has 0 bridgehead atoms. The van der Waals surface area contributed by atoms with Gasteiger partial charge in [0, 0.05) is 13.5 Å². The van der Waals surface area contributed by atoms with Crippen molar-refractivity contribution >= 4 is 11.9 Å². The molecule has 0 aromatic heterocycles. The molecule has 0 fully saturated rings. The van der Waals surface area contributed by atoms with Gasteiger partial charge in [-0.15, -0.1) is 0 Å². The van der Waals surface area contributed by atoms with Gasteiger partial charge in [0.1, 0.15) is 6.54 Å². The van der Waals surface area contributed by atoms with E-state index in [1.165, 1.54) is 13.1 Å². The first kappa shape index (κ1) is 17.0. The van der Waals surface area contributed by atoms with Crippen molar-refractivity contribution in [1.82, 2.24) is 4.90 Å². The van der Waals surface area contributed by atoms with Crippen LogP contribution < -0.4 is 0 Å². The minimum atomic E-state index is -4.38. The Kier molecular flexibility index (Phi) is 5.75. The molecule has 7 heteroatoms. The fourth-order valence-corrected chi connectivity index (χ4v) is 1.83. The maximum Gasteiger partial charge on any atom is 0.416 e. The van der Waals surface area contributed by atoms with Crippen LogP contribution in [0, 0.1) is 0 Å². The number of likely N-dealkylation sites (N-methyl/N-ethyl adjacent to an activating group) is 1. The highest BCUT2D eigenvalue weighted by Crippen LogP contribution is 2.29. The third-order valence-electron chi connectivity index (χ3n) is 2.91. The van der Waals surface area contributed by atoms with Crippen molar-refractivity contribution < 1.29 is 27.9 Å². The van der Waals surface area contributed by atoms with Crippen molar-refractivity contribution in [3.8, 4) is 0 Å². The minimum absolute atomic E-state index is 0.0972. The molecule has 1 N–H and O–H groups in total. The van der Waals surface area contributed by atoms with Crippen molar-refractivity contribution in [2.75, 3.05) is 13.6 Å². The minimum Gasteiger partial charge on any atom is -0.480 e. The summed E-state index contributed by atoms with van der Waals surface area (Å²) in [6.45, 7) is -0.387. The summed E-state index contributed by atoms with van der Waals surface area (Å²) in [5.41, 5.74) is -0.215. The van der Waals surface area contributed by atoms with Crippen molar-refractivity contribution in [3.63, 3.8) is 0 Å². The molecular formula is C14H16F3NO3. The number of carboxylic acids is 1. The molecule has 1 amide bonds. The number of amides is 1. The van der Waals surface area contributed by atoms with E-state index < -0.39 is 17.7 Å². The second-order valence-corrected chi connectivity index (χ2v) is 4.70. The van der Waals surface area contributed by atoms with Gasteiger partial charge in [0.05, 0.1) is 5.56 Å². The van der Waals surface area contributed by atoms with Crippen LogP contribution in [-0.4, -0.2) is 35.5 Å². The largest absolute Gasteiger partial charge is 0.480 e. The maximum absolute atomic E-state index is 12.5. The van der Waals surface area contributed by atoms with Crippen molar-refractivity contribution in [1.29, 1.82) is 0 Å². The van der Waals surface area contributed by atoms with Gasteiger partial charge in [0.15, 0.2) is 0 Å². The van der Waals surface area contributed by atoms with E-state index in [1.54, 1.807) is 6.07 Å². The van der Waals surface area contributed by atoms with E-state index in [0.717, 1.165) is 17.0 Å². The number of carbonyl (C=O) groups excluding carboxylic acids is 1. The summed E-state index contributed by atoms with van der Waals surface area (Å²) in [6.07, 6.45) is -3.59. The van der Waals surface area contributed by atoms with E-state index in [-0.39, 0.29) is 18.9 Å². The standard InChI is InChI=1S/C14H16F3NO3/c1-18(9-13(20)21)12(19)7-3-5-10-4-2-6-11(8-10)14(15,16)17/h2,4,6,8H,3,5,7,9H2,1H3,(H,20,21). The molecule has 1 aromatic carbocycles. The summed E-state index contributed by atoms with van der Waals surface area (Å²) < 4.78 is 37.6. The van der Waals surface area contributed by atoms with Crippen LogP contribution in [-0.2, 0) is 22.2 Å². The van der Waals surface area contributed by atoms with Crippen LogP contribution in [0.15, 0.2) is 24.3 Å². The van der Waals surface area contributed by atoms with Crippen LogP contribution in [0.5, 0.6) is 0 Å². The number of rotatable bonds is 6. The van der Waals surface area contributed by atoms with Gasteiger partial charge in [0.2, 0.25) is 5.91 Å². The fraction of sp³-hybridized carbons (Fsp3) is 0.429. The Morgan fingerprint density at radius 3 is 2.52 bits per heavy atom. The Bertz CT molecular complexity index is 514. The van der Waals surface area contributed by atoms with Gasteiger partial charge in [0.25, 0.3) is 0 Å². The van der Waals surface area contributed by atoms with Gasteiger partial charge in [-0.3, -0.25) is 9.59 Å². The zero-order valence-corrected chi connectivity index (χ0v) is 11.5. The highest BCUT2D eigenvalue weighted by molar-refractivity contribution is 5.80. The summed E-state index contributed by atoms with van der Waals surface area (Å²) in [5.74, 6) is -1.45. The molecule has 0 aliphatic heterocycles. The first-order chi connectivity index (χ1) is 9.70. The van der Waals surface area contributed by atoms with E-state index in [1.807, 2.05) is 0 Å². The maximum atomic E-state index is 12.5. The third-order valence-corrected chi connectivity index (χ3v) is 2.91. The van der Waals surface area contributed by atoms with Crippen molar-refractivity contribution in [2.45, 2.75) is 25.4 Å². The van der Waals surface area contributed by atoms with Crippen LogP contribution in [0.1, 0.15) is 24.0 Å². The van der Waals surface area contributed by atoms with Gasteiger partial charge < -0.3 is 10.0 Å². The predicted octanol–water partition coefficient (Wildman–Crippen LogP) is 2.57. The zero-order chi connectivity index (χ0) is 16.0. The molecule has 0 unspecified atom stereocenters. The van der Waals surface area contributed by atoms with E-state index in [4.69, 9.17) is 5.11 Å². The zero-order valence-electron chi connectivity index (χ0n) is 11.5. The number of carboxylic acid groups (broad SMARTS) is 1. The predicted molar refractivity (Wildman–Crippen MR) is 69.7 cm³/mol. The number of benzene rings is 1. The molecule has 0 atom stereocenters. The Morgan fingerprint density at radius 1 is 1.29 bits per heavy atom. The van der Waals surface area contributed by atoms with Crippen LogP contribution in [0.3, 0.4) is 0 Å². The first-order valence-electron chi connectivity index (χ1n) is 6.32. The number of nitrogens with zero attached hydrogens (tertiary/aromatic N) is 1. The highest BCUT2D eigenvalue weighted by atomic mass is 19.4. The van der Waals surface area contributed by atoms with Gasteiger partial charge in [-0.2, -0.15) is 13.2 Å². The normalized spacial score (nSPS) is 11.2. The molecule has 0 radical (unpaired) electrons. The Labute approximate surface area is 120 Å². The lowest BCUT2D eigenvalue weighted by atomic mass is 10.0. The van der Waals surface area contributed by atoms with Crippen LogP contribution >= 0.6 is 0 Å². The molecule has 0 spiro atoms. The van der Waals surface area contributed by atoms with Crippen molar-refractivity contribution in [2.24, 2.45) is 0 Å². The SMILES string of the molecule is CN(CC(=O)O)C(=O)CCCc1cccc(C(F)(F)F)c1. The molecule has 116 valence electrons. The number of hydrogen-bond donors (Lipinski definition) is 1. The van der Waals surface area contributed by atoms with Gasteiger partial charge in [-0.1, -0.05) is 18.2 Å². The highest BCUT2D eigenvalue weighted by Gasteiger charge is 2.30. The second kappa shape index (κ2) is 7.10. The molecular weight excluding hydrogens is 287 g/mol. The lowest BCUT2D eigenvalue weighted by Gasteiger charge is -2.14. The Balaban J connectivity index is 2.49. The number of halogens is 3. The van der Waals surface area contributed by atoms with Crippen LogP contribution in [0.2, 0.25) is 0 Å². The third kappa shape index (κ3) is 5.85. The lowest BCUT2D eigenvalue weighted by molar-refractivity contribution is -0.143. The van der Waals surface area contributed by atoms with Gasteiger partial charge >= 0.3 is 12.1 Å². The molecule has 4 nitrogen and oxygen atoms in total. The van der Waals surface area contributed by atoms with Crippen LogP contribution in [0.25, 0.3) is 0 Å². The lowest BCUT2D eigenvalue weighted by Crippen LogP contribution is -2.31. The van der Waals surface area contributed by atoms with E-state index in [9.17, 15) is 22.8 Å². The summed E-state index contributed by atoms with van der Waals surface area (Å²) in [4.78, 5) is 23.1. The quantitative estimate of drug-likeness (QED) is 0.878. The summed E-state index contributed by atoms with van der Waals surface area (Å²) >= 11 is 0. The van der Waals surface area contributed by atoms with E-state index in [2.05, 4.69) is 0 Å². The number of hydrogen-bond acceptors (Lipinski definition) is 2. The molecule has 1 rings (SSSR count). The number of alkyl halides is 3. The molecule has 0 saturated carbocycles. The number of carbonyl (C=O) groups is 2. The topological polar surface area (TPSA) is 57.6 Å². The summed E-state index contributed by atoms with van der Waals surface area (Å²) in [6, 6.07) is 4.96. The van der Waals surface area contributed by atoms with Gasteiger partial charge in [-0.25, -0.2) is 0 Å². The molecule has 0 heterocycles. The van der Waals surface area contributed by atoms with Crippen molar-refractivity contribution in [3.05, 3.63) is 35.4 Å². The monoisotopic (exact) mass is 303 g/mol. The summed E-state index contributed by atoms with van der Waals surface area (Å²) in [5, 5.41) is 8.54. The average Bonchev–Trinajstić information content (AvgIpc) is 2.37. The van der Waals surface area contributed by atoms with E-state index in [0.29, 0.717) is 18.4 Å². The molecule has 0 aliphatic rings. The summed E-state index contributed by atoms with van der Waals surface area (Å²) in [7, 11) is 1.38. The second-order valence-electron chi connectivity index (χ2n) is 4.70. The number of aliphatic carboxylic acids is 1. The number of aryl methyl sites for hydroxylation is 1. The molecule has 21 heavy (non-hydrogen) atoms. The molecule has 0 aliphatic carbocycles. The smallest absolute Gasteiger partial charge is 0.416 e. The first-order valence-corrected chi connectivity index (χ1v) is 6.32. The Morgan fingerprint density at radius 2 is 1.95 bits per heavy atom. The van der Waals surface area contributed by atoms with Gasteiger partial charge in [-0.05, 0) is 24.5 Å². The Hall–Kier alpha value is -2.05. The van der Waals surface area contributed by atoms with E-state index >= 15 is 0 Å². The average molecular weight is 303 g/mol. The van der Waals surface area contributed by atoms with Crippen LogP contribution in [0.4, 0.5) is 13.2 Å².